The zero-order chi connectivity index (χ0) is 21.6. The lowest BCUT2D eigenvalue weighted by atomic mass is 10.0. The molecule has 8 heteroatoms. The predicted molar refractivity (Wildman–Crippen MR) is 106 cm³/mol. The van der Waals surface area contributed by atoms with Crippen LogP contribution in [0.3, 0.4) is 0 Å². The van der Waals surface area contributed by atoms with Crippen molar-refractivity contribution in [1.29, 1.82) is 0 Å². The number of benzene rings is 2. The second-order valence-electron chi connectivity index (χ2n) is 6.33. The number of aliphatic hydroxyl groups excluding tert-OH is 3. The molecular weight excluding hydrogens is 380 g/mol. The third-order valence-electron chi connectivity index (χ3n) is 4.52. The maximum absolute atomic E-state index is 10.8. The summed E-state index contributed by atoms with van der Waals surface area (Å²) in [7, 11) is 5.91. The molecule has 0 fully saturated rings. The van der Waals surface area contributed by atoms with Crippen molar-refractivity contribution in [1.82, 2.24) is 0 Å². The van der Waals surface area contributed by atoms with E-state index in [0.717, 1.165) is 0 Å². The van der Waals surface area contributed by atoms with E-state index < -0.39 is 24.9 Å². The van der Waals surface area contributed by atoms with Crippen molar-refractivity contribution in [2.45, 2.75) is 25.2 Å². The number of methoxy groups -OCH3 is 4. The quantitative estimate of drug-likeness (QED) is 0.550. The molecule has 0 aromatic heterocycles. The average Bonchev–Trinajstić information content (AvgIpc) is 2.75. The highest BCUT2D eigenvalue weighted by molar-refractivity contribution is 5.54. The van der Waals surface area contributed by atoms with Crippen molar-refractivity contribution in [3.63, 3.8) is 0 Å². The van der Waals surface area contributed by atoms with Gasteiger partial charge in [-0.05, 0) is 42.3 Å². The third-order valence-corrected chi connectivity index (χ3v) is 4.52. The molecule has 0 amide bonds. The summed E-state index contributed by atoms with van der Waals surface area (Å²) in [4.78, 5) is 0. The molecule has 0 aliphatic rings. The Morgan fingerprint density at radius 1 is 0.759 bits per heavy atom. The Kier molecular flexibility index (Phi) is 7.95. The fourth-order valence-corrected chi connectivity index (χ4v) is 2.86. The van der Waals surface area contributed by atoms with Gasteiger partial charge in [0, 0.05) is 0 Å². The van der Waals surface area contributed by atoms with E-state index in [9.17, 15) is 15.3 Å². The van der Waals surface area contributed by atoms with Gasteiger partial charge in [0.2, 0.25) is 5.75 Å². The SMILES string of the molecule is COc1ccc([C@@H](O)[C@@H](CO)Oc2c(OC)cc(C(C)O)cc2OC)cc1OC. The Hall–Kier alpha value is -2.68. The van der Waals surface area contributed by atoms with Gasteiger partial charge >= 0.3 is 0 Å². The smallest absolute Gasteiger partial charge is 0.204 e. The fourth-order valence-electron chi connectivity index (χ4n) is 2.86. The standard InChI is InChI=1S/C21H28O8/c1-12(23)14-9-17(27-4)21(18(10-14)28-5)29-19(11-22)20(24)13-6-7-15(25-2)16(8-13)26-3/h6-10,12,19-20,22-24H,11H2,1-5H3/t12?,19-,20-/m1/s1. The van der Waals surface area contributed by atoms with Crippen LogP contribution in [0.1, 0.15) is 30.3 Å². The van der Waals surface area contributed by atoms with Crippen LogP contribution >= 0.6 is 0 Å². The molecule has 2 rings (SSSR count). The van der Waals surface area contributed by atoms with Crippen LogP contribution < -0.4 is 23.7 Å². The molecule has 0 bridgehead atoms. The second kappa shape index (κ2) is 10.2. The van der Waals surface area contributed by atoms with Crippen molar-refractivity contribution in [2.75, 3.05) is 35.0 Å². The minimum absolute atomic E-state index is 0.206. The van der Waals surface area contributed by atoms with Crippen LogP contribution in [-0.4, -0.2) is 56.5 Å². The molecule has 160 valence electrons. The number of hydrogen-bond acceptors (Lipinski definition) is 8. The van der Waals surface area contributed by atoms with Gasteiger partial charge in [-0.2, -0.15) is 0 Å². The van der Waals surface area contributed by atoms with Gasteiger partial charge in [0.25, 0.3) is 0 Å². The van der Waals surface area contributed by atoms with E-state index in [2.05, 4.69) is 0 Å². The van der Waals surface area contributed by atoms with Gasteiger partial charge in [-0.3, -0.25) is 0 Å². The topological polar surface area (TPSA) is 107 Å². The lowest BCUT2D eigenvalue weighted by Crippen LogP contribution is -2.29. The van der Waals surface area contributed by atoms with Crippen molar-refractivity contribution in [3.05, 3.63) is 41.5 Å². The molecule has 0 aliphatic carbocycles. The molecule has 2 aromatic carbocycles. The normalized spacial score (nSPS) is 13.9. The maximum Gasteiger partial charge on any atom is 0.204 e. The van der Waals surface area contributed by atoms with Gasteiger partial charge in [0.1, 0.15) is 6.10 Å². The minimum atomic E-state index is -1.18. The fraction of sp³-hybridized carbons (Fsp3) is 0.429. The molecule has 0 heterocycles. The number of aliphatic hydroxyl groups is 3. The highest BCUT2D eigenvalue weighted by atomic mass is 16.6. The molecule has 3 atom stereocenters. The van der Waals surface area contributed by atoms with E-state index >= 15 is 0 Å². The van der Waals surface area contributed by atoms with Gasteiger partial charge in [-0.15, -0.1) is 0 Å². The summed E-state index contributed by atoms with van der Waals surface area (Å²) in [5, 5.41) is 30.5. The molecule has 1 unspecified atom stereocenters. The molecule has 3 N–H and O–H groups in total. The molecule has 29 heavy (non-hydrogen) atoms. The van der Waals surface area contributed by atoms with Gasteiger partial charge in [0.15, 0.2) is 29.1 Å². The molecule has 2 aromatic rings. The van der Waals surface area contributed by atoms with E-state index in [1.807, 2.05) is 0 Å². The number of hydrogen-bond donors (Lipinski definition) is 3. The monoisotopic (exact) mass is 408 g/mol. The van der Waals surface area contributed by atoms with Crippen LogP contribution in [0.4, 0.5) is 0 Å². The summed E-state index contributed by atoms with van der Waals surface area (Å²) in [5.41, 5.74) is 1.05. The lowest BCUT2D eigenvalue weighted by molar-refractivity contribution is -0.00180. The molecule has 8 nitrogen and oxygen atoms in total. The van der Waals surface area contributed by atoms with Crippen molar-refractivity contribution in [2.24, 2.45) is 0 Å². The molecule has 0 saturated carbocycles. The molecule has 0 radical (unpaired) electrons. The minimum Gasteiger partial charge on any atom is -0.493 e. The highest BCUT2D eigenvalue weighted by Gasteiger charge is 2.27. The van der Waals surface area contributed by atoms with Crippen LogP contribution in [0.25, 0.3) is 0 Å². The van der Waals surface area contributed by atoms with E-state index in [1.54, 1.807) is 37.3 Å². The first kappa shape index (κ1) is 22.6. The van der Waals surface area contributed by atoms with E-state index in [-0.39, 0.29) is 5.75 Å². The predicted octanol–water partition coefficient (Wildman–Crippen LogP) is 2.25. The Morgan fingerprint density at radius 2 is 1.28 bits per heavy atom. The van der Waals surface area contributed by atoms with Gasteiger partial charge in [0.05, 0.1) is 41.2 Å². The van der Waals surface area contributed by atoms with Crippen LogP contribution in [0.2, 0.25) is 0 Å². The molecular formula is C21H28O8. The van der Waals surface area contributed by atoms with Crippen LogP contribution in [0.15, 0.2) is 30.3 Å². The summed E-state index contributed by atoms with van der Waals surface area (Å²) < 4.78 is 27.1. The zero-order valence-electron chi connectivity index (χ0n) is 17.2. The first-order valence-electron chi connectivity index (χ1n) is 9.01. The largest absolute Gasteiger partial charge is 0.493 e. The molecule has 0 spiro atoms. The maximum atomic E-state index is 10.8. The van der Waals surface area contributed by atoms with Crippen LogP contribution in [-0.2, 0) is 0 Å². The molecule has 0 aliphatic heterocycles. The van der Waals surface area contributed by atoms with E-state index in [1.165, 1.54) is 28.4 Å². The average molecular weight is 408 g/mol. The Morgan fingerprint density at radius 3 is 1.72 bits per heavy atom. The zero-order valence-corrected chi connectivity index (χ0v) is 17.2. The van der Waals surface area contributed by atoms with Crippen molar-refractivity contribution >= 4 is 0 Å². The first-order valence-corrected chi connectivity index (χ1v) is 9.01. The van der Waals surface area contributed by atoms with Crippen LogP contribution in [0.5, 0.6) is 28.7 Å². The second-order valence-corrected chi connectivity index (χ2v) is 6.33. The van der Waals surface area contributed by atoms with Crippen LogP contribution in [0, 0.1) is 0 Å². The Labute approximate surface area is 170 Å². The summed E-state index contributed by atoms with van der Waals surface area (Å²) in [5.74, 6) is 1.77. The highest BCUT2D eigenvalue weighted by Crippen LogP contribution is 2.42. The van der Waals surface area contributed by atoms with E-state index in [0.29, 0.717) is 34.1 Å². The lowest BCUT2D eigenvalue weighted by Gasteiger charge is -2.25. The summed E-state index contributed by atoms with van der Waals surface area (Å²) >= 11 is 0. The summed E-state index contributed by atoms with van der Waals surface area (Å²) in [6, 6.07) is 8.15. The number of ether oxygens (including phenoxy) is 5. The van der Waals surface area contributed by atoms with Crippen molar-refractivity contribution in [3.8, 4) is 28.7 Å². The Balaban J connectivity index is 2.38. The third kappa shape index (κ3) is 5.03. The molecule has 0 saturated heterocycles. The van der Waals surface area contributed by atoms with E-state index in [4.69, 9.17) is 23.7 Å². The first-order chi connectivity index (χ1) is 13.9. The van der Waals surface area contributed by atoms with Crippen molar-refractivity contribution < 1.29 is 39.0 Å². The summed E-state index contributed by atoms with van der Waals surface area (Å²) in [6.07, 6.45) is -2.93. The number of rotatable bonds is 10. The van der Waals surface area contributed by atoms with Gasteiger partial charge in [-0.1, -0.05) is 6.07 Å². The summed E-state index contributed by atoms with van der Waals surface area (Å²) in [6.45, 7) is 1.14. The Bertz CT molecular complexity index is 780. The van der Waals surface area contributed by atoms with Gasteiger partial charge in [-0.25, -0.2) is 0 Å². The van der Waals surface area contributed by atoms with Gasteiger partial charge < -0.3 is 39.0 Å².